The van der Waals surface area contributed by atoms with E-state index < -0.39 is 0 Å². The standard InChI is InChI=1S/C20H26N4O2/c1-2-3-8-20(25)23-19-10-9-16(15-21-19)22-17-6-4-5-7-18(17)24-11-13-26-14-12-24/h4-7,9-10,15,22H,2-3,8,11-14H2,1H3,(H,21,23,25). The average molecular weight is 354 g/mol. The molecule has 1 aromatic carbocycles. The van der Waals surface area contributed by atoms with Crippen molar-refractivity contribution in [3.63, 3.8) is 0 Å². The number of morpholine rings is 1. The molecule has 0 spiro atoms. The lowest BCUT2D eigenvalue weighted by Gasteiger charge is -2.30. The lowest BCUT2D eigenvalue weighted by atomic mass is 10.2. The van der Waals surface area contributed by atoms with Crippen molar-refractivity contribution in [2.45, 2.75) is 26.2 Å². The molecule has 1 saturated heterocycles. The highest BCUT2D eigenvalue weighted by molar-refractivity contribution is 5.89. The monoisotopic (exact) mass is 354 g/mol. The van der Waals surface area contributed by atoms with Gasteiger partial charge in [-0.25, -0.2) is 4.98 Å². The number of aromatic nitrogens is 1. The Balaban J connectivity index is 1.65. The first-order valence-corrected chi connectivity index (χ1v) is 9.21. The van der Waals surface area contributed by atoms with Gasteiger partial charge in [0.1, 0.15) is 5.82 Å². The average Bonchev–Trinajstić information content (AvgIpc) is 2.69. The van der Waals surface area contributed by atoms with E-state index in [-0.39, 0.29) is 5.91 Å². The lowest BCUT2D eigenvalue weighted by molar-refractivity contribution is -0.116. The summed E-state index contributed by atoms with van der Waals surface area (Å²) in [6.45, 7) is 5.35. The number of para-hydroxylation sites is 2. The third kappa shape index (κ3) is 4.95. The number of rotatable bonds is 7. The topological polar surface area (TPSA) is 66.5 Å². The molecule has 0 saturated carbocycles. The maximum absolute atomic E-state index is 11.8. The number of nitrogens with zero attached hydrogens (tertiary/aromatic N) is 2. The van der Waals surface area contributed by atoms with Gasteiger partial charge in [0.2, 0.25) is 5.91 Å². The fraction of sp³-hybridized carbons (Fsp3) is 0.400. The number of nitrogens with one attached hydrogen (secondary N) is 2. The summed E-state index contributed by atoms with van der Waals surface area (Å²) in [5, 5.41) is 6.26. The molecule has 1 fully saturated rings. The van der Waals surface area contributed by atoms with Crippen LogP contribution in [0.2, 0.25) is 0 Å². The molecule has 0 radical (unpaired) electrons. The number of carbonyl (C=O) groups is 1. The summed E-state index contributed by atoms with van der Waals surface area (Å²) in [6, 6.07) is 12.0. The SMILES string of the molecule is CCCCC(=O)Nc1ccc(Nc2ccccc2N2CCOCC2)cn1. The van der Waals surface area contributed by atoms with Crippen LogP contribution in [0.1, 0.15) is 26.2 Å². The molecule has 2 heterocycles. The van der Waals surface area contributed by atoms with E-state index in [4.69, 9.17) is 4.74 Å². The van der Waals surface area contributed by atoms with Gasteiger partial charge < -0.3 is 20.3 Å². The summed E-state index contributed by atoms with van der Waals surface area (Å²) in [5.41, 5.74) is 3.08. The van der Waals surface area contributed by atoms with Crippen LogP contribution in [0.3, 0.4) is 0 Å². The molecule has 3 rings (SSSR count). The summed E-state index contributed by atoms with van der Waals surface area (Å²) in [7, 11) is 0. The molecule has 6 nitrogen and oxygen atoms in total. The zero-order valence-electron chi connectivity index (χ0n) is 15.2. The van der Waals surface area contributed by atoms with Crippen LogP contribution in [0.4, 0.5) is 22.9 Å². The minimum Gasteiger partial charge on any atom is -0.378 e. The van der Waals surface area contributed by atoms with Crippen molar-refractivity contribution < 1.29 is 9.53 Å². The van der Waals surface area contributed by atoms with Gasteiger partial charge in [-0.3, -0.25) is 4.79 Å². The summed E-state index contributed by atoms with van der Waals surface area (Å²) < 4.78 is 5.44. The number of anilines is 4. The van der Waals surface area contributed by atoms with E-state index in [0.29, 0.717) is 12.2 Å². The molecule has 0 bridgehead atoms. The van der Waals surface area contributed by atoms with Crippen LogP contribution in [0.15, 0.2) is 42.6 Å². The Morgan fingerprint density at radius 3 is 2.73 bits per heavy atom. The molecule has 2 N–H and O–H groups in total. The van der Waals surface area contributed by atoms with Crippen LogP contribution in [0, 0.1) is 0 Å². The van der Waals surface area contributed by atoms with Crippen molar-refractivity contribution in [3.8, 4) is 0 Å². The highest BCUT2D eigenvalue weighted by Crippen LogP contribution is 2.29. The number of pyridine rings is 1. The van der Waals surface area contributed by atoms with Crippen molar-refractivity contribution in [3.05, 3.63) is 42.6 Å². The molecule has 2 aromatic rings. The summed E-state index contributed by atoms with van der Waals surface area (Å²) in [5.74, 6) is 0.593. The first-order valence-electron chi connectivity index (χ1n) is 9.21. The smallest absolute Gasteiger partial charge is 0.225 e. The van der Waals surface area contributed by atoms with Crippen LogP contribution < -0.4 is 15.5 Å². The third-order valence-corrected chi connectivity index (χ3v) is 4.32. The van der Waals surface area contributed by atoms with E-state index in [2.05, 4.69) is 39.6 Å². The van der Waals surface area contributed by atoms with E-state index in [1.165, 1.54) is 0 Å². The van der Waals surface area contributed by atoms with Gasteiger partial charge in [-0.15, -0.1) is 0 Å². The fourth-order valence-corrected chi connectivity index (χ4v) is 2.90. The predicted molar refractivity (Wildman–Crippen MR) is 105 cm³/mol. The van der Waals surface area contributed by atoms with Crippen LogP contribution in [-0.4, -0.2) is 37.2 Å². The number of benzene rings is 1. The molecule has 138 valence electrons. The van der Waals surface area contributed by atoms with Gasteiger partial charge in [-0.1, -0.05) is 25.5 Å². The van der Waals surface area contributed by atoms with Gasteiger partial charge in [-0.2, -0.15) is 0 Å². The molecule has 26 heavy (non-hydrogen) atoms. The maximum atomic E-state index is 11.8. The summed E-state index contributed by atoms with van der Waals surface area (Å²) >= 11 is 0. The van der Waals surface area contributed by atoms with Crippen LogP contribution in [0.5, 0.6) is 0 Å². The van der Waals surface area contributed by atoms with Gasteiger partial charge in [0.05, 0.1) is 36.5 Å². The second-order valence-corrected chi connectivity index (χ2v) is 6.33. The second-order valence-electron chi connectivity index (χ2n) is 6.33. The Hall–Kier alpha value is -2.60. The number of hydrogen-bond acceptors (Lipinski definition) is 5. The highest BCUT2D eigenvalue weighted by atomic mass is 16.5. The van der Waals surface area contributed by atoms with Crippen molar-refractivity contribution in [2.24, 2.45) is 0 Å². The summed E-state index contributed by atoms with van der Waals surface area (Å²) in [6.07, 6.45) is 4.17. The van der Waals surface area contributed by atoms with Gasteiger partial charge in [0.15, 0.2) is 0 Å². The minimum absolute atomic E-state index is 0.0118. The van der Waals surface area contributed by atoms with Crippen molar-refractivity contribution in [2.75, 3.05) is 41.8 Å². The predicted octanol–water partition coefficient (Wildman–Crippen LogP) is 3.79. The van der Waals surface area contributed by atoms with Gasteiger partial charge in [0.25, 0.3) is 0 Å². The zero-order valence-corrected chi connectivity index (χ0v) is 15.2. The first-order chi connectivity index (χ1) is 12.8. The zero-order chi connectivity index (χ0) is 18.2. The lowest BCUT2D eigenvalue weighted by Crippen LogP contribution is -2.36. The van der Waals surface area contributed by atoms with Crippen molar-refractivity contribution in [1.29, 1.82) is 0 Å². The molecule has 0 aliphatic carbocycles. The van der Waals surface area contributed by atoms with Crippen LogP contribution in [-0.2, 0) is 9.53 Å². The van der Waals surface area contributed by atoms with Gasteiger partial charge in [-0.05, 0) is 30.7 Å². The Kier molecular flexibility index (Phi) is 6.44. The van der Waals surface area contributed by atoms with E-state index >= 15 is 0 Å². The Morgan fingerprint density at radius 1 is 1.19 bits per heavy atom. The number of hydrogen-bond donors (Lipinski definition) is 2. The molecular weight excluding hydrogens is 328 g/mol. The molecular formula is C20H26N4O2. The molecule has 0 atom stereocenters. The maximum Gasteiger partial charge on any atom is 0.225 e. The normalized spacial score (nSPS) is 14.1. The third-order valence-electron chi connectivity index (χ3n) is 4.32. The largest absolute Gasteiger partial charge is 0.378 e. The van der Waals surface area contributed by atoms with Crippen LogP contribution in [0.25, 0.3) is 0 Å². The molecule has 1 amide bonds. The van der Waals surface area contributed by atoms with E-state index in [1.807, 2.05) is 24.3 Å². The van der Waals surface area contributed by atoms with Crippen LogP contribution >= 0.6 is 0 Å². The Morgan fingerprint density at radius 2 is 2.00 bits per heavy atom. The fourth-order valence-electron chi connectivity index (χ4n) is 2.90. The van der Waals surface area contributed by atoms with Crippen molar-refractivity contribution in [1.82, 2.24) is 4.98 Å². The number of carbonyl (C=O) groups excluding carboxylic acids is 1. The highest BCUT2D eigenvalue weighted by Gasteiger charge is 2.14. The van der Waals surface area contributed by atoms with Gasteiger partial charge in [0, 0.05) is 19.5 Å². The number of ether oxygens (including phenoxy) is 1. The molecule has 6 heteroatoms. The molecule has 1 aliphatic heterocycles. The quantitative estimate of drug-likeness (QED) is 0.792. The van der Waals surface area contributed by atoms with Gasteiger partial charge >= 0.3 is 0 Å². The second kappa shape index (κ2) is 9.20. The Bertz CT molecular complexity index is 712. The summed E-state index contributed by atoms with van der Waals surface area (Å²) in [4.78, 5) is 18.4. The van der Waals surface area contributed by atoms with E-state index in [0.717, 1.165) is 56.2 Å². The number of unbranched alkanes of at least 4 members (excludes halogenated alkanes) is 1. The van der Waals surface area contributed by atoms with Crippen molar-refractivity contribution >= 4 is 28.8 Å². The molecule has 0 unspecified atom stereocenters. The molecule has 1 aromatic heterocycles. The minimum atomic E-state index is 0.0118. The van der Waals surface area contributed by atoms with E-state index in [1.54, 1.807) is 6.20 Å². The Labute approximate surface area is 154 Å². The molecule has 1 aliphatic rings. The first kappa shape index (κ1) is 18.2. The van der Waals surface area contributed by atoms with E-state index in [9.17, 15) is 4.79 Å². The number of amides is 1.